The lowest BCUT2D eigenvalue weighted by Gasteiger charge is -2.14. The van der Waals surface area contributed by atoms with Gasteiger partial charge in [-0.1, -0.05) is 0 Å². The predicted molar refractivity (Wildman–Crippen MR) is 118 cm³/mol. The van der Waals surface area contributed by atoms with E-state index < -0.39 is 0 Å². The first-order valence-electron chi connectivity index (χ1n) is 10.9. The molecule has 1 saturated carbocycles. The smallest absolute Gasteiger partial charge is 0.140 e. The van der Waals surface area contributed by atoms with Gasteiger partial charge in [0.15, 0.2) is 0 Å². The van der Waals surface area contributed by atoms with Gasteiger partial charge in [-0.3, -0.25) is 4.98 Å². The molecule has 30 heavy (non-hydrogen) atoms. The van der Waals surface area contributed by atoms with Gasteiger partial charge in [0.2, 0.25) is 0 Å². The molecule has 1 unspecified atom stereocenters. The van der Waals surface area contributed by atoms with Crippen molar-refractivity contribution in [2.45, 2.75) is 65.7 Å². The second-order valence-corrected chi connectivity index (χ2v) is 8.71. The van der Waals surface area contributed by atoms with Crippen molar-refractivity contribution in [3.05, 3.63) is 53.0 Å². The highest BCUT2D eigenvalue weighted by atomic mass is 16.5. The van der Waals surface area contributed by atoms with Gasteiger partial charge in [-0.2, -0.15) is 0 Å². The molecule has 2 aromatic heterocycles. The summed E-state index contributed by atoms with van der Waals surface area (Å²) in [5.41, 5.74) is 7.75. The third-order valence-corrected chi connectivity index (χ3v) is 5.86. The Balaban J connectivity index is 1.63. The van der Waals surface area contributed by atoms with E-state index in [0.29, 0.717) is 6.10 Å². The Morgan fingerprint density at radius 3 is 2.47 bits per heavy atom. The lowest BCUT2D eigenvalue weighted by atomic mass is 10.1. The fourth-order valence-corrected chi connectivity index (χ4v) is 4.31. The minimum atomic E-state index is 0.159. The second kappa shape index (κ2) is 7.55. The molecule has 0 N–H and O–H groups in total. The predicted octanol–water partition coefficient (Wildman–Crippen LogP) is 5.04. The van der Waals surface area contributed by atoms with Crippen LogP contribution in [0.4, 0.5) is 0 Å². The molecule has 1 atom stereocenters. The fourth-order valence-electron chi connectivity index (χ4n) is 4.31. The number of benzene rings is 1. The summed E-state index contributed by atoms with van der Waals surface area (Å²) in [6, 6.07) is 10.7. The Morgan fingerprint density at radius 1 is 1.00 bits per heavy atom. The van der Waals surface area contributed by atoms with Crippen LogP contribution >= 0.6 is 0 Å². The van der Waals surface area contributed by atoms with Crippen LogP contribution in [0.3, 0.4) is 0 Å². The Bertz CT molecular complexity index is 1080. The first-order valence-corrected chi connectivity index (χ1v) is 10.9. The van der Waals surface area contributed by atoms with Crippen molar-refractivity contribution in [1.82, 2.24) is 14.5 Å². The number of hydrogen-bond donors (Lipinski definition) is 0. The lowest BCUT2D eigenvalue weighted by molar-refractivity contribution is 0.0666. The van der Waals surface area contributed by atoms with Crippen LogP contribution in [-0.2, 0) is 17.7 Å². The molecule has 3 heterocycles. The standard InChI is InChI=1S/C25H29N3O2/c1-15-11-19(5-8-23(15)30-21-6-7-21)25-27-24(20-12-16(2)26-17(3)13-20)22-9-10-29-18(4)14-28(22)25/h5,8,11-13,18,21H,6-7,9-10,14H2,1-4H3. The van der Waals surface area contributed by atoms with E-state index in [0.717, 1.165) is 64.9 Å². The highest BCUT2D eigenvalue weighted by Gasteiger charge is 2.26. The van der Waals surface area contributed by atoms with Gasteiger partial charge >= 0.3 is 0 Å². The molecule has 1 aliphatic carbocycles. The second-order valence-electron chi connectivity index (χ2n) is 8.71. The number of imidazole rings is 1. The average molecular weight is 404 g/mol. The number of hydrogen-bond acceptors (Lipinski definition) is 4. The third-order valence-electron chi connectivity index (χ3n) is 5.86. The van der Waals surface area contributed by atoms with E-state index in [4.69, 9.17) is 14.5 Å². The molecule has 5 nitrogen and oxygen atoms in total. The summed E-state index contributed by atoms with van der Waals surface area (Å²) in [4.78, 5) is 9.72. The Kier molecular flexibility index (Phi) is 4.86. The summed E-state index contributed by atoms with van der Waals surface area (Å²) in [5.74, 6) is 1.99. The van der Waals surface area contributed by atoms with Crippen LogP contribution in [0.1, 0.15) is 42.4 Å². The van der Waals surface area contributed by atoms with Crippen molar-refractivity contribution >= 4 is 0 Å². The SMILES string of the molecule is Cc1cc(-c2nc(-c3ccc(OC4CC4)c(C)c3)n3c2CCOC(C)C3)cc(C)n1. The molecular formula is C25H29N3O2. The van der Waals surface area contributed by atoms with Crippen LogP contribution in [0.25, 0.3) is 22.6 Å². The first kappa shape index (κ1) is 19.3. The monoisotopic (exact) mass is 403 g/mol. The van der Waals surface area contributed by atoms with Crippen molar-refractivity contribution in [2.75, 3.05) is 6.61 Å². The van der Waals surface area contributed by atoms with Gasteiger partial charge in [0.25, 0.3) is 0 Å². The van der Waals surface area contributed by atoms with Gasteiger partial charge in [0, 0.05) is 34.6 Å². The molecule has 5 heteroatoms. The normalized spacial score (nSPS) is 18.7. The first-order chi connectivity index (χ1) is 14.5. The summed E-state index contributed by atoms with van der Waals surface area (Å²) in [7, 11) is 0. The highest BCUT2D eigenvalue weighted by Crippen LogP contribution is 2.35. The zero-order valence-electron chi connectivity index (χ0n) is 18.2. The van der Waals surface area contributed by atoms with Crippen LogP contribution in [0.2, 0.25) is 0 Å². The van der Waals surface area contributed by atoms with Crippen LogP contribution < -0.4 is 4.74 Å². The summed E-state index contributed by atoms with van der Waals surface area (Å²) >= 11 is 0. The van der Waals surface area contributed by atoms with Crippen molar-refractivity contribution in [3.63, 3.8) is 0 Å². The third kappa shape index (κ3) is 3.74. The number of ether oxygens (including phenoxy) is 2. The van der Waals surface area contributed by atoms with E-state index in [1.54, 1.807) is 0 Å². The molecule has 1 fully saturated rings. The molecule has 0 saturated heterocycles. The minimum Gasteiger partial charge on any atom is -0.490 e. The van der Waals surface area contributed by atoms with Crippen molar-refractivity contribution in [1.29, 1.82) is 0 Å². The largest absolute Gasteiger partial charge is 0.490 e. The summed E-state index contributed by atoms with van der Waals surface area (Å²) in [6.07, 6.45) is 3.75. The maximum atomic E-state index is 6.04. The van der Waals surface area contributed by atoms with Gasteiger partial charge < -0.3 is 14.0 Å². The maximum absolute atomic E-state index is 6.04. The van der Waals surface area contributed by atoms with Gasteiger partial charge in [-0.05, 0) is 76.4 Å². The fraction of sp³-hybridized carbons (Fsp3) is 0.440. The lowest BCUT2D eigenvalue weighted by Crippen LogP contribution is -2.15. The van der Waals surface area contributed by atoms with Gasteiger partial charge in [0.1, 0.15) is 11.6 Å². The van der Waals surface area contributed by atoms with Crippen molar-refractivity contribution < 1.29 is 9.47 Å². The number of aromatic nitrogens is 3. The van der Waals surface area contributed by atoms with Crippen LogP contribution in [-0.4, -0.2) is 33.3 Å². The average Bonchev–Trinajstić information content (AvgIpc) is 3.47. The van der Waals surface area contributed by atoms with E-state index in [-0.39, 0.29) is 6.10 Å². The van der Waals surface area contributed by atoms with E-state index in [9.17, 15) is 0 Å². The van der Waals surface area contributed by atoms with Crippen molar-refractivity contribution in [2.24, 2.45) is 0 Å². The minimum absolute atomic E-state index is 0.159. The zero-order chi connectivity index (χ0) is 20.8. The van der Waals surface area contributed by atoms with E-state index in [2.05, 4.69) is 53.7 Å². The Hall–Kier alpha value is -2.66. The number of aryl methyl sites for hydroxylation is 3. The zero-order valence-corrected chi connectivity index (χ0v) is 18.2. The molecule has 5 rings (SSSR count). The Labute approximate surface area is 178 Å². The number of fused-ring (bicyclic) bond motifs is 1. The molecular weight excluding hydrogens is 374 g/mol. The van der Waals surface area contributed by atoms with Gasteiger partial charge in [-0.25, -0.2) is 4.98 Å². The topological polar surface area (TPSA) is 49.2 Å². The van der Waals surface area contributed by atoms with Crippen molar-refractivity contribution in [3.8, 4) is 28.4 Å². The molecule has 2 aliphatic rings. The molecule has 0 amide bonds. The summed E-state index contributed by atoms with van der Waals surface area (Å²) in [6.45, 7) is 9.86. The Morgan fingerprint density at radius 2 is 1.77 bits per heavy atom. The number of nitrogens with zero attached hydrogens (tertiary/aromatic N) is 3. The van der Waals surface area contributed by atoms with Crippen LogP contribution in [0.15, 0.2) is 30.3 Å². The molecule has 1 aliphatic heterocycles. The highest BCUT2D eigenvalue weighted by molar-refractivity contribution is 5.70. The van der Waals surface area contributed by atoms with Gasteiger partial charge in [0.05, 0.1) is 31.1 Å². The number of rotatable bonds is 4. The molecule has 0 radical (unpaired) electrons. The quantitative estimate of drug-likeness (QED) is 0.612. The van der Waals surface area contributed by atoms with Crippen LogP contribution in [0, 0.1) is 20.8 Å². The molecule has 3 aromatic rings. The molecule has 156 valence electrons. The summed E-state index contributed by atoms with van der Waals surface area (Å²) < 4.78 is 14.4. The van der Waals surface area contributed by atoms with E-state index in [1.165, 1.54) is 18.5 Å². The van der Waals surface area contributed by atoms with Crippen LogP contribution in [0.5, 0.6) is 5.75 Å². The number of pyridine rings is 1. The maximum Gasteiger partial charge on any atom is 0.140 e. The summed E-state index contributed by atoms with van der Waals surface area (Å²) in [5, 5.41) is 0. The molecule has 0 bridgehead atoms. The van der Waals surface area contributed by atoms with E-state index in [1.807, 2.05) is 13.8 Å². The van der Waals surface area contributed by atoms with Gasteiger partial charge in [-0.15, -0.1) is 0 Å². The molecule has 0 spiro atoms. The molecule has 1 aromatic carbocycles. The van der Waals surface area contributed by atoms with E-state index >= 15 is 0 Å².